The second-order valence-electron chi connectivity index (χ2n) is 6.03. The number of para-hydroxylation sites is 1. The van der Waals surface area contributed by atoms with E-state index >= 15 is 0 Å². The minimum absolute atomic E-state index is 0.169. The van der Waals surface area contributed by atoms with E-state index < -0.39 is 0 Å². The highest BCUT2D eigenvalue weighted by Crippen LogP contribution is 2.30. The summed E-state index contributed by atoms with van der Waals surface area (Å²) in [4.78, 5) is 12.1. The van der Waals surface area contributed by atoms with Crippen molar-refractivity contribution in [3.05, 3.63) is 30.0 Å². The highest BCUT2D eigenvalue weighted by atomic mass is 16.1. The topological polar surface area (TPSA) is 34.9 Å². The van der Waals surface area contributed by atoms with E-state index in [2.05, 4.69) is 32.0 Å². The van der Waals surface area contributed by atoms with Gasteiger partial charge in [0.25, 0.3) is 0 Å². The first-order chi connectivity index (χ1) is 9.69. The molecule has 1 aromatic heterocycles. The van der Waals surface area contributed by atoms with Crippen molar-refractivity contribution >= 4 is 16.7 Å². The number of fused-ring (bicyclic) bond motifs is 1. The summed E-state index contributed by atoms with van der Waals surface area (Å²) in [5, 5.41) is 5.93. The Balaban J connectivity index is 1.92. The number of carbonyl (C=O) groups is 1. The standard InChI is InChI=1S/C17H22N2O/c1-3-19-16-7-5-4-6-14(16)15(18-19)11-13-10-12(2)8-9-17(13)20/h4-7,12-13H,3,8-11H2,1-2H3. The molecule has 3 heteroatoms. The van der Waals surface area contributed by atoms with Crippen molar-refractivity contribution in [2.75, 3.05) is 0 Å². The average Bonchev–Trinajstić information content (AvgIpc) is 2.81. The molecule has 106 valence electrons. The van der Waals surface area contributed by atoms with Gasteiger partial charge in [-0.15, -0.1) is 0 Å². The quantitative estimate of drug-likeness (QED) is 0.854. The number of carbonyl (C=O) groups excluding carboxylic acids is 1. The van der Waals surface area contributed by atoms with Crippen molar-refractivity contribution in [2.24, 2.45) is 11.8 Å². The van der Waals surface area contributed by atoms with Crippen LogP contribution < -0.4 is 0 Å². The Morgan fingerprint density at radius 3 is 2.95 bits per heavy atom. The maximum atomic E-state index is 12.1. The molecule has 0 radical (unpaired) electrons. The molecule has 0 spiro atoms. The van der Waals surface area contributed by atoms with Crippen LogP contribution in [0, 0.1) is 11.8 Å². The van der Waals surface area contributed by atoms with Crippen molar-refractivity contribution in [3.63, 3.8) is 0 Å². The zero-order valence-electron chi connectivity index (χ0n) is 12.3. The van der Waals surface area contributed by atoms with Gasteiger partial charge in [-0.2, -0.15) is 5.10 Å². The van der Waals surface area contributed by atoms with Gasteiger partial charge in [-0.25, -0.2) is 0 Å². The van der Waals surface area contributed by atoms with Gasteiger partial charge in [-0.05, 0) is 31.7 Å². The highest BCUT2D eigenvalue weighted by Gasteiger charge is 2.28. The van der Waals surface area contributed by atoms with Crippen LogP contribution in [0.4, 0.5) is 0 Å². The summed E-state index contributed by atoms with van der Waals surface area (Å²) < 4.78 is 2.04. The molecule has 1 aliphatic carbocycles. The molecule has 1 fully saturated rings. The molecule has 2 unspecified atom stereocenters. The SMILES string of the molecule is CCn1nc(CC2CC(C)CCC2=O)c2ccccc21. The number of nitrogens with zero attached hydrogens (tertiary/aromatic N) is 2. The summed E-state index contributed by atoms with van der Waals surface area (Å²) in [6.07, 6.45) is 3.63. The molecule has 20 heavy (non-hydrogen) atoms. The lowest BCUT2D eigenvalue weighted by atomic mass is 9.79. The summed E-state index contributed by atoms with van der Waals surface area (Å²) in [6, 6.07) is 8.34. The number of benzene rings is 1. The lowest BCUT2D eigenvalue weighted by Crippen LogP contribution is -2.25. The fraction of sp³-hybridized carbons (Fsp3) is 0.529. The van der Waals surface area contributed by atoms with E-state index in [0.717, 1.165) is 37.9 Å². The van der Waals surface area contributed by atoms with Gasteiger partial charge < -0.3 is 0 Å². The van der Waals surface area contributed by atoms with Gasteiger partial charge in [0.05, 0.1) is 11.2 Å². The molecule has 0 aliphatic heterocycles. The van der Waals surface area contributed by atoms with Gasteiger partial charge in [-0.1, -0.05) is 25.1 Å². The molecule has 3 rings (SSSR count). The lowest BCUT2D eigenvalue weighted by Gasteiger charge is -2.24. The molecule has 1 saturated carbocycles. The van der Waals surface area contributed by atoms with E-state index in [1.807, 2.05) is 10.7 Å². The molecule has 3 nitrogen and oxygen atoms in total. The van der Waals surface area contributed by atoms with Crippen LogP contribution in [0.1, 0.15) is 38.8 Å². The Hall–Kier alpha value is -1.64. The number of aryl methyl sites for hydroxylation is 1. The lowest BCUT2D eigenvalue weighted by molar-refractivity contribution is -0.125. The molecular weight excluding hydrogens is 248 g/mol. The molecule has 1 heterocycles. The summed E-state index contributed by atoms with van der Waals surface area (Å²) in [7, 11) is 0. The molecule has 2 aromatic rings. The molecule has 0 saturated heterocycles. The molecule has 0 amide bonds. The Morgan fingerprint density at radius 1 is 1.35 bits per heavy atom. The first-order valence-electron chi connectivity index (χ1n) is 7.66. The third kappa shape index (κ3) is 2.37. The molecule has 1 aliphatic rings. The van der Waals surface area contributed by atoms with Crippen molar-refractivity contribution in [1.29, 1.82) is 0 Å². The first kappa shape index (κ1) is 13.3. The number of aromatic nitrogens is 2. The number of hydrogen-bond acceptors (Lipinski definition) is 2. The summed E-state index contributed by atoms with van der Waals surface area (Å²) >= 11 is 0. The predicted molar refractivity (Wildman–Crippen MR) is 80.6 cm³/mol. The zero-order chi connectivity index (χ0) is 14.1. The zero-order valence-corrected chi connectivity index (χ0v) is 12.3. The Labute approximate surface area is 120 Å². The van der Waals surface area contributed by atoms with E-state index in [-0.39, 0.29) is 5.92 Å². The van der Waals surface area contributed by atoms with E-state index in [1.54, 1.807) is 0 Å². The second kappa shape index (κ2) is 5.39. The number of rotatable bonds is 3. The van der Waals surface area contributed by atoms with Crippen molar-refractivity contribution in [1.82, 2.24) is 9.78 Å². The fourth-order valence-corrected chi connectivity index (χ4v) is 3.35. The number of hydrogen-bond donors (Lipinski definition) is 0. The second-order valence-corrected chi connectivity index (χ2v) is 6.03. The summed E-state index contributed by atoms with van der Waals surface area (Å²) in [6.45, 7) is 5.23. The summed E-state index contributed by atoms with van der Waals surface area (Å²) in [5.41, 5.74) is 2.27. The van der Waals surface area contributed by atoms with Gasteiger partial charge in [0.2, 0.25) is 0 Å². The monoisotopic (exact) mass is 270 g/mol. The Morgan fingerprint density at radius 2 is 2.15 bits per heavy atom. The molecule has 2 atom stereocenters. The minimum atomic E-state index is 0.169. The normalized spacial score (nSPS) is 23.4. The van der Waals surface area contributed by atoms with Crippen LogP contribution in [0.25, 0.3) is 10.9 Å². The minimum Gasteiger partial charge on any atom is -0.299 e. The van der Waals surface area contributed by atoms with Gasteiger partial charge in [-0.3, -0.25) is 9.48 Å². The number of Topliss-reactive ketones (excluding diaryl/α,β-unsaturated/α-hetero) is 1. The third-order valence-electron chi connectivity index (χ3n) is 4.50. The van der Waals surface area contributed by atoms with Crippen LogP contribution >= 0.6 is 0 Å². The molecule has 0 N–H and O–H groups in total. The Bertz CT molecular complexity index is 629. The van der Waals surface area contributed by atoms with Crippen LogP contribution in [-0.2, 0) is 17.8 Å². The van der Waals surface area contributed by atoms with E-state index in [9.17, 15) is 4.79 Å². The van der Waals surface area contributed by atoms with Gasteiger partial charge >= 0.3 is 0 Å². The largest absolute Gasteiger partial charge is 0.299 e. The highest BCUT2D eigenvalue weighted by molar-refractivity contribution is 5.85. The van der Waals surface area contributed by atoms with Gasteiger partial charge in [0, 0.05) is 30.7 Å². The van der Waals surface area contributed by atoms with Crippen molar-refractivity contribution < 1.29 is 4.79 Å². The van der Waals surface area contributed by atoms with E-state index in [4.69, 9.17) is 5.10 Å². The van der Waals surface area contributed by atoms with Crippen LogP contribution in [0.15, 0.2) is 24.3 Å². The first-order valence-corrected chi connectivity index (χ1v) is 7.66. The maximum absolute atomic E-state index is 12.1. The van der Waals surface area contributed by atoms with Crippen molar-refractivity contribution in [3.8, 4) is 0 Å². The average molecular weight is 270 g/mol. The van der Waals surface area contributed by atoms with Crippen molar-refractivity contribution in [2.45, 2.75) is 46.1 Å². The molecule has 0 bridgehead atoms. The fourth-order valence-electron chi connectivity index (χ4n) is 3.35. The summed E-state index contributed by atoms with van der Waals surface area (Å²) in [5.74, 6) is 1.26. The maximum Gasteiger partial charge on any atom is 0.136 e. The van der Waals surface area contributed by atoms with Crippen LogP contribution in [0.3, 0.4) is 0 Å². The third-order valence-corrected chi connectivity index (χ3v) is 4.50. The van der Waals surface area contributed by atoms with Gasteiger partial charge in [0.1, 0.15) is 5.78 Å². The number of ketones is 1. The van der Waals surface area contributed by atoms with E-state index in [1.165, 1.54) is 10.9 Å². The predicted octanol–water partition coefficient (Wildman–Crippen LogP) is 3.60. The molecule has 1 aromatic carbocycles. The Kier molecular flexibility index (Phi) is 3.60. The van der Waals surface area contributed by atoms with Crippen LogP contribution in [-0.4, -0.2) is 15.6 Å². The van der Waals surface area contributed by atoms with Crippen LogP contribution in [0.2, 0.25) is 0 Å². The van der Waals surface area contributed by atoms with E-state index in [0.29, 0.717) is 11.7 Å². The smallest absolute Gasteiger partial charge is 0.136 e. The van der Waals surface area contributed by atoms with Crippen LogP contribution in [0.5, 0.6) is 0 Å². The molecular formula is C17H22N2O. The van der Waals surface area contributed by atoms with Gasteiger partial charge in [0.15, 0.2) is 0 Å².